The van der Waals surface area contributed by atoms with Crippen LogP contribution in [0.4, 0.5) is 8.78 Å². The van der Waals surface area contributed by atoms with Crippen LogP contribution >= 0.6 is 0 Å². The molecule has 0 bridgehead atoms. The minimum atomic E-state index is -0.347. The van der Waals surface area contributed by atoms with E-state index in [4.69, 9.17) is 4.52 Å². The molecule has 3 rings (SSSR count). The maximum atomic E-state index is 13.5. The first kappa shape index (κ1) is 17.7. The topological polar surface area (TPSA) is 68.0 Å². The van der Waals surface area contributed by atoms with Gasteiger partial charge in [-0.2, -0.15) is 4.98 Å². The number of hydrogen-bond acceptors (Lipinski definition) is 4. The van der Waals surface area contributed by atoms with Crippen molar-refractivity contribution in [1.29, 1.82) is 0 Å². The van der Waals surface area contributed by atoms with Gasteiger partial charge in [0.05, 0.1) is 6.54 Å². The second-order valence-electron chi connectivity index (χ2n) is 5.74. The number of nitrogens with one attached hydrogen (secondary N) is 1. The van der Waals surface area contributed by atoms with Gasteiger partial charge in [0.25, 0.3) is 0 Å². The van der Waals surface area contributed by atoms with Gasteiger partial charge in [0.1, 0.15) is 11.6 Å². The smallest absolute Gasteiger partial charge is 0.246 e. The quantitative estimate of drug-likeness (QED) is 0.701. The molecule has 7 heteroatoms. The van der Waals surface area contributed by atoms with Gasteiger partial charge in [0, 0.05) is 12.0 Å². The summed E-state index contributed by atoms with van der Waals surface area (Å²) in [5, 5.41) is 6.49. The highest BCUT2D eigenvalue weighted by Crippen LogP contribution is 2.16. The first-order valence-electron chi connectivity index (χ1n) is 8.20. The van der Waals surface area contributed by atoms with Crippen LogP contribution in [-0.4, -0.2) is 16.0 Å². The van der Waals surface area contributed by atoms with E-state index in [-0.39, 0.29) is 36.4 Å². The number of amides is 1. The number of halogens is 2. The molecule has 1 N–H and O–H groups in total. The lowest BCUT2D eigenvalue weighted by Gasteiger charge is -2.04. The Bertz CT molecular complexity index is 879. The number of aromatic nitrogens is 2. The van der Waals surface area contributed by atoms with Gasteiger partial charge in [-0.3, -0.25) is 4.79 Å². The third kappa shape index (κ3) is 4.72. The molecule has 0 aliphatic carbocycles. The molecule has 1 heterocycles. The van der Waals surface area contributed by atoms with Crippen molar-refractivity contribution in [2.45, 2.75) is 25.8 Å². The average molecular weight is 357 g/mol. The van der Waals surface area contributed by atoms with Crippen LogP contribution in [0.5, 0.6) is 0 Å². The first-order chi connectivity index (χ1) is 12.6. The molecule has 1 amide bonds. The molecule has 0 aliphatic rings. The van der Waals surface area contributed by atoms with Gasteiger partial charge in [-0.25, -0.2) is 8.78 Å². The van der Waals surface area contributed by atoms with E-state index in [9.17, 15) is 13.6 Å². The Kier molecular flexibility index (Phi) is 5.68. The van der Waals surface area contributed by atoms with E-state index >= 15 is 0 Å². The fourth-order valence-corrected chi connectivity index (χ4v) is 2.45. The van der Waals surface area contributed by atoms with Crippen LogP contribution in [0.2, 0.25) is 0 Å². The highest BCUT2D eigenvalue weighted by Gasteiger charge is 2.10. The number of carbonyl (C=O) groups is 1. The summed E-state index contributed by atoms with van der Waals surface area (Å²) in [6.07, 6.45) is 1.31. The molecular weight excluding hydrogens is 340 g/mol. The molecular formula is C19H17F2N3O2. The van der Waals surface area contributed by atoms with E-state index in [0.717, 1.165) is 0 Å². The van der Waals surface area contributed by atoms with Gasteiger partial charge in [-0.15, -0.1) is 0 Å². The Hall–Kier alpha value is -3.09. The van der Waals surface area contributed by atoms with Gasteiger partial charge >= 0.3 is 0 Å². The highest BCUT2D eigenvalue weighted by atomic mass is 19.1. The Morgan fingerprint density at radius 3 is 2.62 bits per heavy atom. The summed E-state index contributed by atoms with van der Waals surface area (Å²) in [5.74, 6) is -0.198. The maximum absolute atomic E-state index is 13.5. The molecule has 0 atom stereocenters. The number of benzene rings is 2. The maximum Gasteiger partial charge on any atom is 0.246 e. The SMILES string of the molecule is O=C(CCCc1ccccc1F)NCc1nc(-c2ccc(F)cc2)no1. The molecule has 0 spiro atoms. The Morgan fingerprint density at radius 1 is 1.08 bits per heavy atom. The van der Waals surface area contributed by atoms with Gasteiger partial charge in [-0.05, 0) is 48.7 Å². The molecule has 0 saturated heterocycles. The zero-order chi connectivity index (χ0) is 18.4. The fraction of sp³-hybridized carbons (Fsp3) is 0.211. The van der Waals surface area contributed by atoms with Gasteiger partial charge in [0.2, 0.25) is 17.6 Å². The predicted molar refractivity (Wildman–Crippen MR) is 90.9 cm³/mol. The molecule has 1 aromatic heterocycles. The Labute approximate surface area is 149 Å². The lowest BCUT2D eigenvalue weighted by molar-refractivity contribution is -0.121. The van der Waals surface area contributed by atoms with E-state index in [2.05, 4.69) is 15.5 Å². The van der Waals surface area contributed by atoms with Crippen molar-refractivity contribution in [3.05, 3.63) is 71.6 Å². The van der Waals surface area contributed by atoms with E-state index in [1.165, 1.54) is 18.2 Å². The minimum absolute atomic E-state index is 0.104. The van der Waals surface area contributed by atoms with Crippen molar-refractivity contribution in [3.63, 3.8) is 0 Å². The van der Waals surface area contributed by atoms with Crippen LogP contribution in [0.15, 0.2) is 53.1 Å². The van der Waals surface area contributed by atoms with Crippen LogP contribution in [0.25, 0.3) is 11.4 Å². The number of rotatable bonds is 7. The first-order valence-corrected chi connectivity index (χ1v) is 8.20. The second-order valence-corrected chi connectivity index (χ2v) is 5.74. The normalized spacial score (nSPS) is 10.7. The fourth-order valence-electron chi connectivity index (χ4n) is 2.45. The van der Waals surface area contributed by atoms with Crippen LogP contribution in [0.1, 0.15) is 24.3 Å². The Balaban J connectivity index is 1.45. The zero-order valence-electron chi connectivity index (χ0n) is 13.9. The number of nitrogens with zero attached hydrogens (tertiary/aromatic N) is 2. The minimum Gasteiger partial charge on any atom is -0.347 e. The molecule has 26 heavy (non-hydrogen) atoms. The largest absolute Gasteiger partial charge is 0.347 e. The number of hydrogen-bond donors (Lipinski definition) is 1. The Morgan fingerprint density at radius 2 is 1.85 bits per heavy atom. The van der Waals surface area contributed by atoms with Crippen molar-refractivity contribution in [2.24, 2.45) is 0 Å². The highest BCUT2D eigenvalue weighted by molar-refractivity contribution is 5.75. The molecule has 2 aromatic carbocycles. The monoisotopic (exact) mass is 357 g/mol. The van der Waals surface area contributed by atoms with Crippen molar-refractivity contribution < 1.29 is 18.1 Å². The van der Waals surface area contributed by atoms with E-state index in [0.29, 0.717) is 29.8 Å². The summed E-state index contributed by atoms with van der Waals surface area (Å²) in [6, 6.07) is 12.2. The summed E-state index contributed by atoms with van der Waals surface area (Å²) in [5.41, 5.74) is 1.22. The summed E-state index contributed by atoms with van der Waals surface area (Å²) in [7, 11) is 0. The summed E-state index contributed by atoms with van der Waals surface area (Å²) < 4.78 is 31.5. The standard InChI is InChI=1S/C19H17F2N3O2/c20-15-10-8-14(9-11-15)19-23-18(26-24-19)12-22-17(25)7-3-5-13-4-1-2-6-16(13)21/h1-2,4,6,8-11H,3,5,7,12H2,(H,22,25). The van der Waals surface area contributed by atoms with Crippen molar-refractivity contribution in [3.8, 4) is 11.4 Å². The molecule has 3 aromatic rings. The van der Waals surface area contributed by atoms with Gasteiger partial charge in [0.15, 0.2) is 0 Å². The number of carbonyl (C=O) groups excluding carboxylic acids is 1. The van der Waals surface area contributed by atoms with Gasteiger partial charge < -0.3 is 9.84 Å². The predicted octanol–water partition coefficient (Wildman–Crippen LogP) is 3.65. The van der Waals surface area contributed by atoms with Crippen LogP contribution < -0.4 is 5.32 Å². The van der Waals surface area contributed by atoms with Crippen molar-refractivity contribution >= 4 is 5.91 Å². The van der Waals surface area contributed by atoms with Crippen LogP contribution in [0.3, 0.4) is 0 Å². The molecule has 0 saturated carbocycles. The van der Waals surface area contributed by atoms with Crippen LogP contribution in [-0.2, 0) is 17.8 Å². The third-order valence-corrected chi connectivity index (χ3v) is 3.82. The van der Waals surface area contributed by atoms with Crippen molar-refractivity contribution in [1.82, 2.24) is 15.5 Å². The van der Waals surface area contributed by atoms with Crippen LogP contribution in [0, 0.1) is 11.6 Å². The lowest BCUT2D eigenvalue weighted by Crippen LogP contribution is -2.22. The van der Waals surface area contributed by atoms with E-state index in [1.54, 1.807) is 30.3 Å². The summed E-state index contributed by atoms with van der Waals surface area (Å²) >= 11 is 0. The summed E-state index contributed by atoms with van der Waals surface area (Å²) in [6.45, 7) is 0.104. The molecule has 134 valence electrons. The zero-order valence-corrected chi connectivity index (χ0v) is 13.9. The molecule has 0 aliphatic heterocycles. The van der Waals surface area contributed by atoms with E-state index in [1.807, 2.05) is 0 Å². The van der Waals surface area contributed by atoms with Crippen molar-refractivity contribution in [2.75, 3.05) is 0 Å². The molecule has 0 fully saturated rings. The second kappa shape index (κ2) is 8.33. The van der Waals surface area contributed by atoms with Gasteiger partial charge in [-0.1, -0.05) is 23.4 Å². The average Bonchev–Trinajstić information content (AvgIpc) is 3.11. The summed E-state index contributed by atoms with van der Waals surface area (Å²) in [4.78, 5) is 16.0. The molecule has 0 unspecified atom stereocenters. The molecule has 5 nitrogen and oxygen atoms in total. The third-order valence-electron chi connectivity index (χ3n) is 3.82. The number of aryl methyl sites for hydroxylation is 1. The lowest BCUT2D eigenvalue weighted by atomic mass is 10.1. The van der Waals surface area contributed by atoms with E-state index < -0.39 is 0 Å². The molecule has 0 radical (unpaired) electrons.